The SMILES string of the molecule is CCc1ccc(NC(=S)Nc2ccc(C)c(S(=O)(=O)Nc3ccccc3OC)c2)cc1. The van der Waals surface area contributed by atoms with Crippen molar-refractivity contribution in [3.8, 4) is 5.75 Å². The highest BCUT2D eigenvalue weighted by Crippen LogP contribution is 2.28. The number of methoxy groups -OCH3 is 1. The predicted octanol–water partition coefficient (Wildman–Crippen LogP) is 5.18. The molecule has 3 aromatic carbocycles. The van der Waals surface area contributed by atoms with Crippen molar-refractivity contribution in [3.63, 3.8) is 0 Å². The quantitative estimate of drug-likeness (QED) is 0.426. The highest BCUT2D eigenvalue weighted by molar-refractivity contribution is 7.92. The van der Waals surface area contributed by atoms with Gasteiger partial charge in [-0.25, -0.2) is 8.42 Å². The number of hydrogen-bond acceptors (Lipinski definition) is 4. The van der Waals surface area contributed by atoms with Crippen LogP contribution in [0.3, 0.4) is 0 Å². The Bertz CT molecular complexity index is 1180. The van der Waals surface area contributed by atoms with Crippen LogP contribution < -0.4 is 20.1 Å². The van der Waals surface area contributed by atoms with Crippen LogP contribution in [0.15, 0.2) is 71.6 Å². The molecule has 0 saturated heterocycles. The van der Waals surface area contributed by atoms with Gasteiger partial charge in [0.2, 0.25) is 0 Å². The molecule has 0 aliphatic heterocycles. The average Bonchev–Trinajstić information content (AvgIpc) is 2.75. The van der Waals surface area contributed by atoms with Gasteiger partial charge in [0.05, 0.1) is 17.7 Å². The lowest BCUT2D eigenvalue weighted by molar-refractivity contribution is 0.417. The Morgan fingerprint density at radius 3 is 2.29 bits per heavy atom. The monoisotopic (exact) mass is 455 g/mol. The average molecular weight is 456 g/mol. The van der Waals surface area contributed by atoms with Crippen LogP contribution in [0.25, 0.3) is 0 Å². The molecule has 0 radical (unpaired) electrons. The normalized spacial score (nSPS) is 10.9. The van der Waals surface area contributed by atoms with Gasteiger partial charge in [-0.1, -0.05) is 37.3 Å². The van der Waals surface area contributed by atoms with Crippen LogP contribution in [-0.2, 0) is 16.4 Å². The summed E-state index contributed by atoms with van der Waals surface area (Å²) in [5, 5.41) is 6.53. The number of hydrogen-bond donors (Lipinski definition) is 3. The summed E-state index contributed by atoms with van der Waals surface area (Å²) in [6.07, 6.45) is 0.965. The summed E-state index contributed by atoms with van der Waals surface area (Å²) in [5.74, 6) is 0.442. The second-order valence-electron chi connectivity index (χ2n) is 6.92. The van der Waals surface area contributed by atoms with Crippen molar-refractivity contribution in [3.05, 3.63) is 77.9 Å². The first kappa shape index (κ1) is 22.6. The lowest BCUT2D eigenvalue weighted by atomic mass is 10.1. The van der Waals surface area contributed by atoms with Gasteiger partial charge in [-0.2, -0.15) is 0 Å². The first-order valence-corrected chi connectivity index (χ1v) is 11.6. The smallest absolute Gasteiger partial charge is 0.262 e. The molecule has 0 fully saturated rings. The molecule has 0 bridgehead atoms. The van der Waals surface area contributed by atoms with Crippen molar-refractivity contribution >= 4 is 44.4 Å². The Hall–Kier alpha value is -3.10. The molecule has 3 aromatic rings. The third kappa shape index (κ3) is 5.74. The van der Waals surface area contributed by atoms with Crippen LogP contribution in [0, 0.1) is 6.92 Å². The highest BCUT2D eigenvalue weighted by Gasteiger charge is 2.19. The van der Waals surface area contributed by atoms with E-state index in [0.29, 0.717) is 27.8 Å². The number of nitrogens with one attached hydrogen (secondary N) is 3. The summed E-state index contributed by atoms with van der Waals surface area (Å²) in [4.78, 5) is 0.151. The summed E-state index contributed by atoms with van der Waals surface area (Å²) in [7, 11) is -2.34. The zero-order chi connectivity index (χ0) is 22.4. The third-order valence-electron chi connectivity index (χ3n) is 4.71. The van der Waals surface area contributed by atoms with E-state index in [-0.39, 0.29) is 4.90 Å². The number of ether oxygens (including phenoxy) is 1. The molecular weight excluding hydrogens is 430 g/mol. The first-order valence-electron chi connectivity index (χ1n) is 9.76. The van der Waals surface area contributed by atoms with E-state index in [1.165, 1.54) is 12.7 Å². The van der Waals surface area contributed by atoms with Gasteiger partial charge in [0.1, 0.15) is 5.75 Å². The molecule has 0 aromatic heterocycles. The molecule has 162 valence electrons. The van der Waals surface area contributed by atoms with E-state index in [0.717, 1.165) is 12.1 Å². The van der Waals surface area contributed by atoms with Gasteiger partial charge in [-0.3, -0.25) is 4.72 Å². The van der Waals surface area contributed by atoms with Gasteiger partial charge in [0.15, 0.2) is 5.11 Å². The van der Waals surface area contributed by atoms with Gasteiger partial charge in [0, 0.05) is 11.4 Å². The van der Waals surface area contributed by atoms with Crippen molar-refractivity contribution in [2.75, 3.05) is 22.5 Å². The molecule has 31 heavy (non-hydrogen) atoms. The number of aryl methyl sites for hydroxylation is 2. The number of benzene rings is 3. The van der Waals surface area contributed by atoms with Crippen LogP contribution in [0.5, 0.6) is 5.75 Å². The first-order chi connectivity index (χ1) is 14.8. The van der Waals surface area contributed by atoms with Crippen LogP contribution in [-0.4, -0.2) is 20.6 Å². The minimum absolute atomic E-state index is 0.151. The van der Waals surface area contributed by atoms with Crippen LogP contribution in [0.4, 0.5) is 17.1 Å². The Morgan fingerprint density at radius 2 is 1.61 bits per heavy atom. The maximum Gasteiger partial charge on any atom is 0.262 e. The number of thiocarbonyl (C=S) groups is 1. The van der Waals surface area contributed by atoms with Gasteiger partial charge in [-0.05, 0) is 73.1 Å². The lowest BCUT2D eigenvalue weighted by Gasteiger charge is -2.15. The van der Waals surface area contributed by atoms with Gasteiger partial charge in [-0.15, -0.1) is 0 Å². The Labute approximate surface area is 188 Å². The zero-order valence-electron chi connectivity index (χ0n) is 17.6. The molecular formula is C23H25N3O3S2. The molecule has 0 unspecified atom stereocenters. The zero-order valence-corrected chi connectivity index (χ0v) is 19.2. The molecule has 3 rings (SSSR count). The molecule has 3 N–H and O–H groups in total. The van der Waals surface area contributed by atoms with E-state index >= 15 is 0 Å². The molecule has 0 aliphatic carbocycles. The molecule has 0 heterocycles. The fraction of sp³-hybridized carbons (Fsp3) is 0.174. The van der Waals surface area contributed by atoms with Crippen molar-refractivity contribution in [1.82, 2.24) is 0 Å². The molecule has 0 amide bonds. The minimum Gasteiger partial charge on any atom is -0.495 e. The van der Waals surface area contributed by atoms with Gasteiger partial charge >= 0.3 is 0 Å². The largest absolute Gasteiger partial charge is 0.495 e. The van der Waals surface area contributed by atoms with Crippen LogP contribution in [0.1, 0.15) is 18.1 Å². The minimum atomic E-state index is -3.84. The topological polar surface area (TPSA) is 79.5 Å². The van der Waals surface area contributed by atoms with E-state index < -0.39 is 10.0 Å². The molecule has 0 atom stereocenters. The van der Waals surface area contributed by atoms with Gasteiger partial charge < -0.3 is 15.4 Å². The molecule has 0 saturated carbocycles. The van der Waals surface area contributed by atoms with Crippen molar-refractivity contribution in [2.24, 2.45) is 0 Å². The van der Waals surface area contributed by atoms with E-state index in [1.807, 2.05) is 24.3 Å². The molecule has 6 nitrogen and oxygen atoms in total. The second kappa shape index (κ2) is 9.80. The van der Waals surface area contributed by atoms with Crippen molar-refractivity contribution in [2.45, 2.75) is 25.2 Å². The summed E-state index contributed by atoms with van der Waals surface area (Å²) in [6, 6.07) is 19.9. The fourth-order valence-corrected chi connectivity index (χ4v) is 4.59. The molecule has 0 aliphatic rings. The Morgan fingerprint density at radius 1 is 0.968 bits per heavy atom. The second-order valence-corrected chi connectivity index (χ2v) is 8.97. The number of para-hydroxylation sites is 2. The van der Waals surface area contributed by atoms with E-state index in [4.69, 9.17) is 17.0 Å². The standard InChI is InChI=1S/C23H25N3O3S2/c1-4-17-10-13-18(14-11-17)24-23(30)25-19-12-9-16(2)22(15-19)31(27,28)26-20-7-5-6-8-21(20)29-3/h5-15,26H,4H2,1-3H3,(H2,24,25,30). The third-order valence-corrected chi connectivity index (χ3v) is 6.42. The van der Waals surface area contributed by atoms with Gasteiger partial charge in [0.25, 0.3) is 10.0 Å². The van der Waals surface area contributed by atoms with E-state index in [9.17, 15) is 8.42 Å². The van der Waals surface area contributed by atoms with Crippen molar-refractivity contribution < 1.29 is 13.2 Å². The fourth-order valence-electron chi connectivity index (χ4n) is 3.01. The van der Waals surface area contributed by atoms with Crippen LogP contribution >= 0.6 is 12.2 Å². The number of rotatable bonds is 7. The van der Waals surface area contributed by atoms with E-state index in [2.05, 4.69) is 22.3 Å². The maximum absolute atomic E-state index is 13.0. The predicted molar refractivity (Wildman–Crippen MR) is 131 cm³/mol. The van der Waals surface area contributed by atoms with Crippen LogP contribution in [0.2, 0.25) is 0 Å². The molecule has 0 spiro atoms. The highest BCUT2D eigenvalue weighted by atomic mass is 32.2. The maximum atomic E-state index is 13.0. The van der Waals surface area contributed by atoms with E-state index in [1.54, 1.807) is 49.4 Å². The number of anilines is 3. The summed E-state index contributed by atoms with van der Waals surface area (Å²) in [6.45, 7) is 3.84. The Balaban J connectivity index is 1.78. The van der Waals surface area contributed by atoms with Crippen molar-refractivity contribution in [1.29, 1.82) is 0 Å². The summed E-state index contributed by atoms with van der Waals surface area (Å²) >= 11 is 5.38. The number of sulfonamides is 1. The Kier molecular flexibility index (Phi) is 7.14. The lowest BCUT2D eigenvalue weighted by Crippen LogP contribution is -2.20. The summed E-state index contributed by atoms with van der Waals surface area (Å²) < 4.78 is 33.9. The summed E-state index contributed by atoms with van der Waals surface area (Å²) in [5.41, 5.74) is 3.64. The molecule has 8 heteroatoms.